The van der Waals surface area contributed by atoms with Crippen molar-refractivity contribution < 1.29 is 9.50 Å². The van der Waals surface area contributed by atoms with E-state index in [-0.39, 0.29) is 5.82 Å². The Hall–Kier alpha value is -2.05. The highest BCUT2D eigenvalue weighted by atomic mass is 19.1. The maximum atomic E-state index is 13.2. The van der Waals surface area contributed by atoms with Crippen molar-refractivity contribution in [3.05, 3.63) is 53.6 Å². The summed E-state index contributed by atoms with van der Waals surface area (Å²) in [6, 6.07) is 6.97. The zero-order valence-corrected chi connectivity index (χ0v) is 15.3. The lowest BCUT2D eigenvalue weighted by molar-refractivity contribution is -0.0595. The average molecular weight is 356 g/mol. The summed E-state index contributed by atoms with van der Waals surface area (Å²) in [5.41, 5.74) is 1.07. The van der Waals surface area contributed by atoms with Crippen molar-refractivity contribution in [1.29, 1.82) is 0 Å². The van der Waals surface area contributed by atoms with E-state index in [2.05, 4.69) is 14.9 Å². The Morgan fingerprint density at radius 3 is 2.23 bits per heavy atom. The van der Waals surface area contributed by atoms with Gasteiger partial charge >= 0.3 is 0 Å². The van der Waals surface area contributed by atoms with Gasteiger partial charge in [-0.05, 0) is 43.4 Å². The topological polar surface area (TPSA) is 52.5 Å². The molecule has 2 fully saturated rings. The number of anilines is 1. The SMILES string of the molecule is CN(C)c1ncc(CN2[C@@H]3CC[C@H]2CC(O)(c2ccc(F)cc2)C3)cn1. The molecule has 2 aliphatic heterocycles. The summed E-state index contributed by atoms with van der Waals surface area (Å²) in [6.07, 6.45) is 7.33. The minimum atomic E-state index is -0.860. The first-order chi connectivity index (χ1) is 12.4. The van der Waals surface area contributed by atoms with Crippen molar-refractivity contribution in [3.8, 4) is 0 Å². The molecule has 2 aliphatic rings. The second kappa shape index (κ2) is 6.59. The highest BCUT2D eigenvalue weighted by molar-refractivity contribution is 5.28. The molecule has 0 aliphatic carbocycles. The summed E-state index contributed by atoms with van der Waals surface area (Å²) in [5, 5.41) is 11.2. The Bertz CT molecular complexity index is 748. The second-order valence-corrected chi connectivity index (χ2v) is 7.79. The summed E-state index contributed by atoms with van der Waals surface area (Å²) >= 11 is 0. The van der Waals surface area contributed by atoms with Crippen LogP contribution in [-0.4, -0.2) is 46.2 Å². The number of nitrogens with zero attached hydrogens (tertiary/aromatic N) is 4. The van der Waals surface area contributed by atoms with Crippen LogP contribution < -0.4 is 4.90 Å². The fraction of sp³-hybridized carbons (Fsp3) is 0.500. The van der Waals surface area contributed by atoms with Crippen molar-refractivity contribution in [3.63, 3.8) is 0 Å². The van der Waals surface area contributed by atoms with Crippen molar-refractivity contribution in [2.45, 2.75) is 49.9 Å². The molecule has 3 atom stereocenters. The van der Waals surface area contributed by atoms with Gasteiger partial charge in [-0.25, -0.2) is 14.4 Å². The first-order valence-electron chi connectivity index (χ1n) is 9.17. The molecule has 0 radical (unpaired) electrons. The third kappa shape index (κ3) is 3.19. The van der Waals surface area contributed by atoms with Crippen LogP contribution in [0.2, 0.25) is 0 Å². The predicted molar refractivity (Wildman–Crippen MR) is 98.2 cm³/mol. The number of aliphatic hydroxyl groups is 1. The van der Waals surface area contributed by atoms with Crippen LogP contribution in [0.15, 0.2) is 36.7 Å². The van der Waals surface area contributed by atoms with Gasteiger partial charge in [0.1, 0.15) is 5.82 Å². The molecule has 2 saturated heterocycles. The summed E-state index contributed by atoms with van der Waals surface area (Å²) in [6.45, 7) is 0.808. The predicted octanol–water partition coefficient (Wildman–Crippen LogP) is 2.70. The van der Waals surface area contributed by atoms with Gasteiger partial charge in [0, 0.05) is 50.7 Å². The number of piperidine rings is 1. The minimum Gasteiger partial charge on any atom is -0.385 e. The van der Waals surface area contributed by atoms with Crippen LogP contribution in [0.25, 0.3) is 0 Å². The molecule has 2 bridgehead atoms. The molecular weight excluding hydrogens is 331 g/mol. The highest BCUT2D eigenvalue weighted by Crippen LogP contribution is 2.46. The Morgan fingerprint density at radius 2 is 1.69 bits per heavy atom. The number of aromatic nitrogens is 2. The molecule has 0 spiro atoms. The Labute approximate surface area is 153 Å². The Balaban J connectivity index is 1.49. The van der Waals surface area contributed by atoms with Gasteiger partial charge in [0.05, 0.1) is 5.60 Å². The molecule has 0 saturated carbocycles. The number of rotatable bonds is 4. The third-order valence-electron chi connectivity index (χ3n) is 5.76. The fourth-order valence-electron chi connectivity index (χ4n) is 4.44. The van der Waals surface area contributed by atoms with Gasteiger partial charge in [0.15, 0.2) is 0 Å². The number of benzene rings is 1. The number of halogens is 1. The lowest BCUT2D eigenvalue weighted by Crippen LogP contribution is -2.49. The smallest absolute Gasteiger partial charge is 0.224 e. The maximum absolute atomic E-state index is 13.2. The number of fused-ring (bicyclic) bond motifs is 2. The molecule has 0 amide bonds. The zero-order chi connectivity index (χ0) is 18.3. The zero-order valence-electron chi connectivity index (χ0n) is 15.3. The van der Waals surface area contributed by atoms with Crippen LogP contribution in [-0.2, 0) is 12.1 Å². The van der Waals surface area contributed by atoms with Crippen LogP contribution in [0.1, 0.15) is 36.8 Å². The van der Waals surface area contributed by atoms with E-state index in [4.69, 9.17) is 0 Å². The van der Waals surface area contributed by atoms with E-state index < -0.39 is 5.60 Å². The van der Waals surface area contributed by atoms with Crippen molar-refractivity contribution >= 4 is 5.95 Å². The van der Waals surface area contributed by atoms with Crippen molar-refractivity contribution in [2.24, 2.45) is 0 Å². The average Bonchev–Trinajstić information content (AvgIpc) is 2.86. The molecule has 138 valence electrons. The van der Waals surface area contributed by atoms with E-state index >= 15 is 0 Å². The summed E-state index contributed by atoms with van der Waals surface area (Å²) < 4.78 is 13.2. The molecule has 2 aromatic rings. The molecular formula is C20H25FN4O. The molecule has 6 heteroatoms. The van der Waals surface area contributed by atoms with Gasteiger partial charge in [-0.2, -0.15) is 0 Å². The molecule has 1 aromatic heterocycles. The summed E-state index contributed by atoms with van der Waals surface area (Å²) in [7, 11) is 3.85. The van der Waals surface area contributed by atoms with E-state index in [1.807, 2.05) is 31.4 Å². The second-order valence-electron chi connectivity index (χ2n) is 7.79. The van der Waals surface area contributed by atoms with Crippen LogP contribution in [0.5, 0.6) is 0 Å². The lowest BCUT2D eigenvalue weighted by Gasteiger charge is -2.44. The molecule has 26 heavy (non-hydrogen) atoms. The van der Waals surface area contributed by atoms with E-state index in [1.54, 1.807) is 12.1 Å². The Kier molecular flexibility index (Phi) is 4.40. The van der Waals surface area contributed by atoms with Gasteiger partial charge < -0.3 is 10.0 Å². The van der Waals surface area contributed by atoms with Gasteiger partial charge in [-0.3, -0.25) is 4.90 Å². The monoisotopic (exact) mass is 356 g/mol. The van der Waals surface area contributed by atoms with Crippen molar-refractivity contribution in [1.82, 2.24) is 14.9 Å². The van der Waals surface area contributed by atoms with Crippen LogP contribution in [0, 0.1) is 5.82 Å². The quantitative estimate of drug-likeness (QED) is 0.913. The first kappa shape index (κ1) is 17.4. The number of hydrogen-bond donors (Lipinski definition) is 1. The standard InChI is InChI=1S/C20H25FN4O/c1-24(2)19-22-11-14(12-23-19)13-25-17-7-8-18(25)10-20(26,9-17)15-3-5-16(21)6-4-15/h3-6,11-12,17-18,26H,7-10,13H2,1-2H3/t17-,18+,20?. The largest absolute Gasteiger partial charge is 0.385 e. The minimum absolute atomic E-state index is 0.265. The van der Waals surface area contributed by atoms with Crippen LogP contribution >= 0.6 is 0 Å². The van der Waals surface area contributed by atoms with Crippen molar-refractivity contribution in [2.75, 3.05) is 19.0 Å². The van der Waals surface area contributed by atoms with Crippen LogP contribution in [0.4, 0.5) is 10.3 Å². The van der Waals surface area contributed by atoms with E-state index in [0.29, 0.717) is 30.9 Å². The molecule has 5 nitrogen and oxygen atoms in total. The normalized spacial score (nSPS) is 28.3. The molecule has 3 heterocycles. The molecule has 1 N–H and O–H groups in total. The highest BCUT2D eigenvalue weighted by Gasteiger charge is 2.48. The first-order valence-corrected chi connectivity index (χ1v) is 9.17. The lowest BCUT2D eigenvalue weighted by atomic mass is 9.80. The molecule has 1 unspecified atom stereocenters. The van der Waals surface area contributed by atoms with Gasteiger partial charge in [0.25, 0.3) is 0 Å². The third-order valence-corrected chi connectivity index (χ3v) is 5.76. The Morgan fingerprint density at radius 1 is 1.12 bits per heavy atom. The fourth-order valence-corrected chi connectivity index (χ4v) is 4.44. The molecule has 4 rings (SSSR count). The maximum Gasteiger partial charge on any atom is 0.224 e. The van der Waals surface area contributed by atoms with E-state index in [9.17, 15) is 9.50 Å². The van der Waals surface area contributed by atoms with Gasteiger partial charge in [-0.1, -0.05) is 12.1 Å². The van der Waals surface area contributed by atoms with Gasteiger partial charge in [-0.15, -0.1) is 0 Å². The van der Waals surface area contributed by atoms with E-state index in [1.165, 1.54) is 12.1 Å². The summed E-state index contributed by atoms with van der Waals surface area (Å²) in [4.78, 5) is 13.2. The van der Waals surface area contributed by atoms with Crippen LogP contribution in [0.3, 0.4) is 0 Å². The van der Waals surface area contributed by atoms with Gasteiger partial charge in [0.2, 0.25) is 5.95 Å². The number of hydrogen-bond acceptors (Lipinski definition) is 5. The molecule has 1 aromatic carbocycles. The summed E-state index contributed by atoms with van der Waals surface area (Å²) in [5.74, 6) is 0.444. The van der Waals surface area contributed by atoms with E-state index in [0.717, 1.165) is 30.5 Å².